The van der Waals surface area contributed by atoms with Crippen LogP contribution in [0.15, 0.2) is 18.2 Å². The van der Waals surface area contributed by atoms with Gasteiger partial charge in [0.15, 0.2) is 0 Å². The van der Waals surface area contributed by atoms with Crippen LogP contribution >= 0.6 is 23.2 Å². The molecule has 104 valence electrons. The number of amides is 2. The Bertz CT molecular complexity index is 467. The van der Waals surface area contributed by atoms with Gasteiger partial charge in [0.25, 0.3) is 0 Å². The maximum absolute atomic E-state index is 12.0. The van der Waals surface area contributed by atoms with Gasteiger partial charge in [-0.2, -0.15) is 0 Å². The van der Waals surface area contributed by atoms with Crippen molar-refractivity contribution >= 4 is 29.2 Å². The van der Waals surface area contributed by atoms with Crippen molar-refractivity contribution in [1.29, 1.82) is 0 Å². The molecule has 0 aromatic heterocycles. The second kappa shape index (κ2) is 6.46. The van der Waals surface area contributed by atoms with Gasteiger partial charge in [0.1, 0.15) is 0 Å². The Kier molecular flexibility index (Phi) is 4.91. The molecule has 0 bridgehead atoms. The van der Waals surface area contributed by atoms with Gasteiger partial charge in [-0.1, -0.05) is 23.2 Å². The van der Waals surface area contributed by atoms with E-state index < -0.39 is 0 Å². The van der Waals surface area contributed by atoms with E-state index in [0.717, 1.165) is 25.1 Å². The zero-order valence-corrected chi connectivity index (χ0v) is 12.0. The molecule has 6 heteroatoms. The molecule has 0 radical (unpaired) electrons. The topological polar surface area (TPSA) is 58.4 Å². The number of nitrogens with two attached hydrogens (primary N) is 1. The number of urea groups is 1. The average Bonchev–Trinajstić information content (AvgIpc) is 2.88. The number of likely N-dealkylation sites (tertiary alicyclic amines) is 1. The molecule has 3 N–H and O–H groups in total. The molecule has 1 aliphatic rings. The van der Waals surface area contributed by atoms with Gasteiger partial charge in [-0.25, -0.2) is 4.79 Å². The molecule has 1 fully saturated rings. The fourth-order valence-electron chi connectivity index (χ4n) is 2.17. The molecule has 1 aromatic carbocycles. The predicted octanol–water partition coefficient (Wildman–Crippen LogP) is 2.48. The SMILES string of the molecule is NC[C@H]1CCN(C(=O)NCc2cc(Cl)ccc2Cl)C1. The summed E-state index contributed by atoms with van der Waals surface area (Å²) < 4.78 is 0. The van der Waals surface area contributed by atoms with Gasteiger partial charge in [-0.3, -0.25) is 0 Å². The minimum Gasteiger partial charge on any atom is -0.334 e. The molecule has 0 spiro atoms. The molecule has 2 amide bonds. The number of carbonyl (C=O) groups excluding carboxylic acids is 1. The van der Waals surface area contributed by atoms with Gasteiger partial charge in [0.2, 0.25) is 0 Å². The lowest BCUT2D eigenvalue weighted by molar-refractivity contribution is 0.207. The molecule has 1 aliphatic heterocycles. The molecular weight excluding hydrogens is 285 g/mol. The molecule has 1 saturated heterocycles. The van der Waals surface area contributed by atoms with Crippen molar-refractivity contribution in [3.05, 3.63) is 33.8 Å². The van der Waals surface area contributed by atoms with Crippen molar-refractivity contribution in [2.75, 3.05) is 19.6 Å². The van der Waals surface area contributed by atoms with E-state index in [1.165, 1.54) is 0 Å². The van der Waals surface area contributed by atoms with E-state index >= 15 is 0 Å². The Hall–Kier alpha value is -0.970. The minimum atomic E-state index is -0.0769. The zero-order chi connectivity index (χ0) is 13.8. The molecular formula is C13H17Cl2N3O. The summed E-state index contributed by atoms with van der Waals surface area (Å²) >= 11 is 11.9. The van der Waals surface area contributed by atoms with Crippen LogP contribution in [0.1, 0.15) is 12.0 Å². The maximum Gasteiger partial charge on any atom is 0.317 e. The highest BCUT2D eigenvalue weighted by atomic mass is 35.5. The first-order valence-corrected chi connectivity index (χ1v) is 7.02. The largest absolute Gasteiger partial charge is 0.334 e. The van der Waals surface area contributed by atoms with Crippen molar-refractivity contribution < 1.29 is 4.79 Å². The van der Waals surface area contributed by atoms with Gasteiger partial charge >= 0.3 is 6.03 Å². The van der Waals surface area contributed by atoms with Crippen LogP contribution in [-0.4, -0.2) is 30.6 Å². The Balaban J connectivity index is 1.88. The first-order chi connectivity index (χ1) is 9.10. The van der Waals surface area contributed by atoms with Crippen LogP contribution in [0.5, 0.6) is 0 Å². The maximum atomic E-state index is 12.0. The van der Waals surface area contributed by atoms with Crippen molar-refractivity contribution in [2.45, 2.75) is 13.0 Å². The summed E-state index contributed by atoms with van der Waals surface area (Å²) in [5.41, 5.74) is 6.42. The third kappa shape index (κ3) is 3.75. The summed E-state index contributed by atoms with van der Waals surface area (Å²) in [7, 11) is 0. The molecule has 0 saturated carbocycles. The number of hydrogen-bond acceptors (Lipinski definition) is 2. The number of carbonyl (C=O) groups is 1. The van der Waals surface area contributed by atoms with Crippen molar-refractivity contribution in [2.24, 2.45) is 11.7 Å². The van der Waals surface area contributed by atoms with E-state index in [1.54, 1.807) is 23.1 Å². The Labute approximate surface area is 122 Å². The lowest BCUT2D eigenvalue weighted by atomic mass is 10.1. The Morgan fingerprint density at radius 1 is 1.47 bits per heavy atom. The quantitative estimate of drug-likeness (QED) is 0.901. The summed E-state index contributed by atoms with van der Waals surface area (Å²) in [6, 6.07) is 5.14. The lowest BCUT2D eigenvalue weighted by Gasteiger charge is -2.17. The van der Waals surface area contributed by atoms with Crippen LogP contribution in [0, 0.1) is 5.92 Å². The van der Waals surface area contributed by atoms with Crippen LogP contribution in [0.25, 0.3) is 0 Å². The number of rotatable bonds is 3. The van der Waals surface area contributed by atoms with E-state index in [9.17, 15) is 4.79 Å². The first kappa shape index (κ1) is 14.4. The van der Waals surface area contributed by atoms with Crippen molar-refractivity contribution in [3.8, 4) is 0 Å². The van der Waals surface area contributed by atoms with Crippen LogP contribution in [0.2, 0.25) is 10.0 Å². The lowest BCUT2D eigenvalue weighted by Crippen LogP contribution is -2.38. The Morgan fingerprint density at radius 2 is 2.26 bits per heavy atom. The summed E-state index contributed by atoms with van der Waals surface area (Å²) in [5.74, 6) is 0.417. The molecule has 1 atom stereocenters. The van der Waals surface area contributed by atoms with Gasteiger partial charge < -0.3 is 16.0 Å². The number of halogens is 2. The van der Waals surface area contributed by atoms with Gasteiger partial charge in [-0.05, 0) is 42.6 Å². The molecule has 0 aliphatic carbocycles. The van der Waals surface area contributed by atoms with Crippen molar-refractivity contribution in [1.82, 2.24) is 10.2 Å². The highest BCUT2D eigenvalue weighted by Gasteiger charge is 2.24. The molecule has 1 heterocycles. The highest BCUT2D eigenvalue weighted by Crippen LogP contribution is 2.20. The number of hydrogen-bond donors (Lipinski definition) is 2. The highest BCUT2D eigenvalue weighted by molar-refractivity contribution is 6.33. The minimum absolute atomic E-state index is 0.0769. The molecule has 4 nitrogen and oxygen atoms in total. The second-order valence-electron chi connectivity index (χ2n) is 4.73. The number of nitrogens with one attached hydrogen (secondary N) is 1. The molecule has 1 aromatic rings. The molecule has 19 heavy (non-hydrogen) atoms. The normalized spacial score (nSPS) is 18.7. The van der Waals surface area contributed by atoms with Crippen LogP contribution in [0.3, 0.4) is 0 Å². The van der Waals surface area contributed by atoms with Crippen LogP contribution < -0.4 is 11.1 Å². The zero-order valence-electron chi connectivity index (χ0n) is 10.5. The molecule has 2 rings (SSSR count). The second-order valence-corrected chi connectivity index (χ2v) is 5.57. The number of nitrogens with zero attached hydrogens (tertiary/aromatic N) is 1. The van der Waals surface area contributed by atoms with Gasteiger partial charge in [0.05, 0.1) is 0 Å². The first-order valence-electron chi connectivity index (χ1n) is 6.27. The standard InChI is InChI=1S/C13H17Cl2N3O/c14-11-1-2-12(15)10(5-11)7-17-13(19)18-4-3-9(6-16)8-18/h1-2,5,9H,3-4,6-8,16H2,(H,17,19)/t9-/m1/s1. The van der Waals surface area contributed by atoms with E-state index in [1.807, 2.05) is 0 Å². The van der Waals surface area contributed by atoms with Crippen LogP contribution in [0.4, 0.5) is 4.79 Å². The predicted molar refractivity (Wildman–Crippen MR) is 77.4 cm³/mol. The van der Waals surface area contributed by atoms with Gasteiger partial charge in [0, 0.05) is 29.7 Å². The van der Waals surface area contributed by atoms with E-state index in [0.29, 0.717) is 29.1 Å². The van der Waals surface area contributed by atoms with Crippen LogP contribution in [-0.2, 0) is 6.54 Å². The summed E-state index contributed by atoms with van der Waals surface area (Å²) in [6.07, 6.45) is 0.974. The Morgan fingerprint density at radius 3 is 2.95 bits per heavy atom. The average molecular weight is 302 g/mol. The fraction of sp³-hybridized carbons (Fsp3) is 0.462. The number of benzene rings is 1. The summed E-state index contributed by atoms with van der Waals surface area (Å²) in [4.78, 5) is 13.8. The van der Waals surface area contributed by atoms with Gasteiger partial charge in [-0.15, -0.1) is 0 Å². The fourth-order valence-corrected chi connectivity index (χ4v) is 2.55. The van der Waals surface area contributed by atoms with E-state index in [2.05, 4.69) is 5.32 Å². The van der Waals surface area contributed by atoms with E-state index in [4.69, 9.17) is 28.9 Å². The monoisotopic (exact) mass is 301 g/mol. The van der Waals surface area contributed by atoms with Crippen molar-refractivity contribution in [3.63, 3.8) is 0 Å². The summed E-state index contributed by atoms with van der Waals surface area (Å²) in [5, 5.41) is 4.07. The third-order valence-electron chi connectivity index (χ3n) is 3.34. The van der Waals surface area contributed by atoms with E-state index in [-0.39, 0.29) is 6.03 Å². The summed E-state index contributed by atoms with van der Waals surface area (Å²) in [6.45, 7) is 2.49. The smallest absolute Gasteiger partial charge is 0.317 e. The third-order valence-corrected chi connectivity index (χ3v) is 3.95. The molecule has 0 unspecified atom stereocenters.